The van der Waals surface area contributed by atoms with Gasteiger partial charge in [0.15, 0.2) is 5.78 Å². The molecule has 4 nitrogen and oxygen atoms in total. The Morgan fingerprint density at radius 1 is 1.10 bits per heavy atom. The first-order valence-corrected chi connectivity index (χ1v) is 7.24. The van der Waals surface area contributed by atoms with Crippen LogP contribution in [0.25, 0.3) is 0 Å². The molecule has 5 heteroatoms. The fourth-order valence-corrected chi connectivity index (χ4v) is 2.79. The van der Waals surface area contributed by atoms with E-state index in [2.05, 4.69) is 5.32 Å². The average Bonchev–Trinajstić information content (AvgIpc) is 2.95. The smallest absolute Gasteiger partial charge is 0.220 e. The summed E-state index contributed by atoms with van der Waals surface area (Å²) in [6.07, 6.45) is 4.59. The van der Waals surface area contributed by atoms with E-state index in [4.69, 9.17) is 5.73 Å². The molecular weight excluding hydrogens is 288 g/mol. The maximum absolute atomic E-state index is 12.0. The van der Waals surface area contributed by atoms with Crippen molar-refractivity contribution in [3.63, 3.8) is 0 Å². The van der Waals surface area contributed by atoms with Crippen LogP contribution in [-0.2, 0) is 4.79 Å². The minimum Gasteiger partial charge on any atom is -0.349 e. The first-order valence-electron chi connectivity index (χ1n) is 7.24. The van der Waals surface area contributed by atoms with E-state index < -0.39 is 0 Å². The van der Waals surface area contributed by atoms with E-state index in [1.54, 1.807) is 12.1 Å². The summed E-state index contributed by atoms with van der Waals surface area (Å²) in [6, 6.07) is 9.08. The Labute approximate surface area is 131 Å². The number of ketones is 1. The van der Waals surface area contributed by atoms with Crippen LogP contribution in [-0.4, -0.2) is 23.8 Å². The number of nitrogens with two attached hydrogens (primary N) is 1. The third kappa shape index (κ3) is 4.83. The number of hydrogen-bond acceptors (Lipinski definition) is 3. The maximum atomic E-state index is 12.0. The summed E-state index contributed by atoms with van der Waals surface area (Å²) in [5, 5.41) is 3.03. The molecule has 0 saturated heterocycles. The third-order valence-electron chi connectivity index (χ3n) is 4.03. The molecule has 0 atom stereocenters. The van der Waals surface area contributed by atoms with E-state index in [0.717, 1.165) is 25.7 Å². The molecule has 0 aromatic heterocycles. The van der Waals surface area contributed by atoms with Crippen molar-refractivity contribution in [1.82, 2.24) is 5.32 Å². The van der Waals surface area contributed by atoms with Gasteiger partial charge < -0.3 is 11.1 Å². The zero-order chi connectivity index (χ0) is 14.4. The number of benzene rings is 1. The summed E-state index contributed by atoms with van der Waals surface area (Å²) in [5.41, 5.74) is 6.21. The van der Waals surface area contributed by atoms with Crippen LogP contribution >= 0.6 is 12.4 Å². The molecule has 1 aliphatic carbocycles. The van der Waals surface area contributed by atoms with Gasteiger partial charge in [0.05, 0.1) is 5.54 Å². The van der Waals surface area contributed by atoms with Gasteiger partial charge in [0.1, 0.15) is 0 Å². The first-order chi connectivity index (χ1) is 9.65. The predicted octanol–water partition coefficient (Wildman–Crippen LogP) is 2.46. The third-order valence-corrected chi connectivity index (χ3v) is 4.03. The molecule has 1 amide bonds. The normalized spacial score (nSPS) is 16.0. The highest BCUT2D eigenvalue weighted by Gasteiger charge is 2.33. The van der Waals surface area contributed by atoms with E-state index in [0.29, 0.717) is 12.1 Å². The Kier molecular flexibility index (Phi) is 6.85. The lowest BCUT2D eigenvalue weighted by Gasteiger charge is -2.28. The molecule has 1 fully saturated rings. The second-order valence-corrected chi connectivity index (χ2v) is 5.53. The molecule has 0 spiro atoms. The summed E-state index contributed by atoms with van der Waals surface area (Å²) in [5.74, 6) is -0.0596. The SMILES string of the molecule is Cl.NCC1(NC(=O)CCC(=O)c2ccccc2)CCCC1. The number of hydrogen-bond donors (Lipinski definition) is 2. The summed E-state index contributed by atoms with van der Waals surface area (Å²) < 4.78 is 0. The van der Waals surface area contributed by atoms with Gasteiger partial charge in [-0.1, -0.05) is 43.2 Å². The number of Topliss-reactive ketones (excluding diaryl/α,β-unsaturated/α-hetero) is 1. The molecular formula is C16H23ClN2O2. The number of carbonyl (C=O) groups excluding carboxylic acids is 2. The van der Waals surface area contributed by atoms with Gasteiger partial charge in [-0.3, -0.25) is 9.59 Å². The van der Waals surface area contributed by atoms with Gasteiger partial charge in [-0.15, -0.1) is 12.4 Å². The van der Waals surface area contributed by atoms with E-state index in [-0.39, 0.29) is 42.5 Å². The largest absolute Gasteiger partial charge is 0.349 e. The van der Waals surface area contributed by atoms with Crippen LogP contribution in [0.3, 0.4) is 0 Å². The molecule has 0 aliphatic heterocycles. The fraction of sp³-hybridized carbons (Fsp3) is 0.500. The Bertz CT molecular complexity index is 470. The van der Waals surface area contributed by atoms with Crippen LogP contribution in [0.4, 0.5) is 0 Å². The van der Waals surface area contributed by atoms with Crippen molar-refractivity contribution in [3.8, 4) is 0 Å². The van der Waals surface area contributed by atoms with Crippen LogP contribution in [0.1, 0.15) is 48.9 Å². The molecule has 3 N–H and O–H groups in total. The number of nitrogens with one attached hydrogen (secondary N) is 1. The lowest BCUT2D eigenvalue weighted by Crippen LogP contribution is -2.51. The molecule has 1 aliphatic rings. The fourth-order valence-electron chi connectivity index (χ4n) is 2.79. The number of carbonyl (C=O) groups is 2. The number of amides is 1. The van der Waals surface area contributed by atoms with Gasteiger partial charge in [0.25, 0.3) is 0 Å². The van der Waals surface area contributed by atoms with E-state index >= 15 is 0 Å². The number of rotatable bonds is 6. The predicted molar refractivity (Wildman–Crippen MR) is 85.7 cm³/mol. The average molecular weight is 311 g/mol. The second kappa shape index (κ2) is 8.15. The molecule has 21 heavy (non-hydrogen) atoms. The monoisotopic (exact) mass is 310 g/mol. The van der Waals surface area contributed by atoms with Crippen molar-refractivity contribution in [1.29, 1.82) is 0 Å². The zero-order valence-electron chi connectivity index (χ0n) is 12.1. The summed E-state index contributed by atoms with van der Waals surface area (Å²) >= 11 is 0. The van der Waals surface area contributed by atoms with Crippen molar-refractivity contribution in [3.05, 3.63) is 35.9 Å². The highest BCUT2D eigenvalue weighted by molar-refractivity contribution is 5.97. The van der Waals surface area contributed by atoms with E-state index in [9.17, 15) is 9.59 Å². The molecule has 0 unspecified atom stereocenters. The topological polar surface area (TPSA) is 72.2 Å². The molecule has 1 aromatic rings. The minimum atomic E-state index is -0.229. The zero-order valence-corrected chi connectivity index (χ0v) is 13.0. The van der Waals surface area contributed by atoms with Gasteiger partial charge in [-0.05, 0) is 12.8 Å². The highest BCUT2D eigenvalue weighted by Crippen LogP contribution is 2.28. The quantitative estimate of drug-likeness (QED) is 0.793. The lowest BCUT2D eigenvalue weighted by atomic mass is 9.97. The van der Waals surface area contributed by atoms with Crippen molar-refractivity contribution >= 4 is 24.1 Å². The van der Waals surface area contributed by atoms with Crippen molar-refractivity contribution in [2.24, 2.45) is 5.73 Å². The Morgan fingerprint density at radius 2 is 1.71 bits per heavy atom. The minimum absolute atomic E-state index is 0. The molecule has 0 bridgehead atoms. The van der Waals surface area contributed by atoms with Crippen LogP contribution in [0.5, 0.6) is 0 Å². The summed E-state index contributed by atoms with van der Waals surface area (Å²) in [6.45, 7) is 0.478. The van der Waals surface area contributed by atoms with Crippen LogP contribution in [0.2, 0.25) is 0 Å². The standard InChI is InChI=1S/C16H22N2O2.ClH/c17-12-16(10-4-5-11-16)18-15(20)9-8-14(19)13-6-2-1-3-7-13;/h1-3,6-7H,4-5,8-12,17H2,(H,18,20);1H. The van der Waals surface area contributed by atoms with Crippen molar-refractivity contribution < 1.29 is 9.59 Å². The Balaban J connectivity index is 0.00000220. The Hall–Kier alpha value is -1.39. The van der Waals surface area contributed by atoms with Crippen LogP contribution in [0.15, 0.2) is 30.3 Å². The van der Waals surface area contributed by atoms with Crippen LogP contribution < -0.4 is 11.1 Å². The van der Waals surface area contributed by atoms with Gasteiger partial charge >= 0.3 is 0 Å². The van der Waals surface area contributed by atoms with E-state index in [1.165, 1.54) is 0 Å². The van der Waals surface area contributed by atoms with Crippen LogP contribution in [0, 0.1) is 0 Å². The molecule has 1 saturated carbocycles. The maximum Gasteiger partial charge on any atom is 0.220 e. The van der Waals surface area contributed by atoms with Crippen molar-refractivity contribution in [2.75, 3.05) is 6.54 Å². The highest BCUT2D eigenvalue weighted by atomic mass is 35.5. The summed E-state index contributed by atoms with van der Waals surface area (Å²) in [7, 11) is 0. The molecule has 0 heterocycles. The Morgan fingerprint density at radius 3 is 2.29 bits per heavy atom. The molecule has 0 radical (unpaired) electrons. The lowest BCUT2D eigenvalue weighted by molar-refractivity contribution is -0.122. The first kappa shape index (κ1) is 17.7. The summed E-state index contributed by atoms with van der Waals surface area (Å²) in [4.78, 5) is 23.9. The molecule has 1 aromatic carbocycles. The second-order valence-electron chi connectivity index (χ2n) is 5.53. The molecule has 116 valence electrons. The van der Waals surface area contributed by atoms with Gasteiger partial charge in [0, 0.05) is 24.9 Å². The van der Waals surface area contributed by atoms with E-state index in [1.807, 2.05) is 18.2 Å². The number of halogens is 1. The van der Waals surface area contributed by atoms with Crippen molar-refractivity contribution in [2.45, 2.75) is 44.1 Å². The van der Waals surface area contributed by atoms with Gasteiger partial charge in [0.2, 0.25) is 5.91 Å². The van der Waals surface area contributed by atoms with Gasteiger partial charge in [-0.25, -0.2) is 0 Å². The molecule has 2 rings (SSSR count). The van der Waals surface area contributed by atoms with Gasteiger partial charge in [-0.2, -0.15) is 0 Å².